The summed E-state index contributed by atoms with van der Waals surface area (Å²) in [7, 11) is 3.69. The van der Waals surface area contributed by atoms with Crippen LogP contribution in [0, 0.1) is 0 Å². The molecular weight excluding hydrogens is 216 g/mol. The van der Waals surface area contributed by atoms with Gasteiger partial charge in [0.1, 0.15) is 12.2 Å². The van der Waals surface area contributed by atoms with Gasteiger partial charge in [-0.05, 0) is 19.4 Å². The van der Waals surface area contributed by atoms with Crippen molar-refractivity contribution in [2.24, 2.45) is 7.05 Å². The van der Waals surface area contributed by atoms with E-state index in [1.54, 1.807) is 13.4 Å². The molecule has 0 bridgehead atoms. The van der Waals surface area contributed by atoms with E-state index in [0.29, 0.717) is 6.04 Å². The molecule has 1 aromatic heterocycles. The fourth-order valence-electron chi connectivity index (χ4n) is 1.98. The van der Waals surface area contributed by atoms with Crippen molar-refractivity contribution in [2.45, 2.75) is 45.3 Å². The van der Waals surface area contributed by atoms with E-state index in [9.17, 15) is 0 Å². The molecule has 1 N–H and O–H groups in total. The van der Waals surface area contributed by atoms with Crippen LogP contribution in [-0.4, -0.2) is 40.6 Å². The molecule has 0 aliphatic rings. The molecule has 2 unspecified atom stereocenters. The predicted octanol–water partition coefficient (Wildman–Crippen LogP) is 1.15. The van der Waals surface area contributed by atoms with Gasteiger partial charge in [0.25, 0.3) is 0 Å². The zero-order chi connectivity index (χ0) is 12.7. The molecular formula is C12H24N4O. The number of aromatic nitrogens is 3. The molecule has 0 aromatic carbocycles. The van der Waals surface area contributed by atoms with Crippen LogP contribution in [0.3, 0.4) is 0 Å². The summed E-state index contributed by atoms with van der Waals surface area (Å²) < 4.78 is 7.35. The summed E-state index contributed by atoms with van der Waals surface area (Å²) >= 11 is 0. The smallest absolute Gasteiger partial charge is 0.138 e. The predicted molar refractivity (Wildman–Crippen MR) is 67.9 cm³/mol. The number of hydrogen-bond donors (Lipinski definition) is 1. The Labute approximate surface area is 104 Å². The third-order valence-corrected chi connectivity index (χ3v) is 3.02. The highest BCUT2D eigenvalue weighted by Gasteiger charge is 2.21. The lowest BCUT2D eigenvalue weighted by Gasteiger charge is -2.25. The average Bonchev–Trinajstić information content (AvgIpc) is 2.73. The number of nitrogens with zero attached hydrogens (tertiary/aromatic N) is 3. The molecule has 2 atom stereocenters. The molecule has 0 saturated heterocycles. The van der Waals surface area contributed by atoms with Crippen LogP contribution < -0.4 is 5.32 Å². The molecule has 0 aliphatic carbocycles. The van der Waals surface area contributed by atoms with Crippen molar-refractivity contribution in [3.8, 4) is 0 Å². The SMILES string of the molecule is CCCNC(Cc1ncnn1C)C(CC)OC. The highest BCUT2D eigenvalue weighted by atomic mass is 16.5. The summed E-state index contributed by atoms with van der Waals surface area (Å²) in [6.07, 6.45) is 4.78. The molecule has 0 radical (unpaired) electrons. The van der Waals surface area contributed by atoms with Gasteiger partial charge in [0.15, 0.2) is 0 Å². The van der Waals surface area contributed by atoms with Crippen molar-refractivity contribution in [2.75, 3.05) is 13.7 Å². The lowest BCUT2D eigenvalue weighted by atomic mass is 10.0. The number of hydrogen-bond acceptors (Lipinski definition) is 4. The van der Waals surface area contributed by atoms with Gasteiger partial charge in [-0.2, -0.15) is 5.10 Å². The van der Waals surface area contributed by atoms with E-state index in [4.69, 9.17) is 4.74 Å². The number of methoxy groups -OCH3 is 1. The van der Waals surface area contributed by atoms with E-state index in [2.05, 4.69) is 29.2 Å². The first-order chi connectivity index (χ1) is 8.22. The Hall–Kier alpha value is -0.940. The Balaban J connectivity index is 2.65. The van der Waals surface area contributed by atoms with Crippen LogP contribution in [0.1, 0.15) is 32.5 Å². The first-order valence-electron chi connectivity index (χ1n) is 6.31. The molecule has 0 aliphatic heterocycles. The summed E-state index contributed by atoms with van der Waals surface area (Å²) in [5.41, 5.74) is 0. The van der Waals surface area contributed by atoms with E-state index in [1.807, 2.05) is 11.7 Å². The van der Waals surface area contributed by atoms with Crippen LogP contribution in [0.15, 0.2) is 6.33 Å². The number of nitrogens with one attached hydrogen (secondary N) is 1. The number of aryl methyl sites for hydroxylation is 1. The maximum absolute atomic E-state index is 5.53. The van der Waals surface area contributed by atoms with Crippen LogP contribution in [0.4, 0.5) is 0 Å². The largest absolute Gasteiger partial charge is 0.380 e. The van der Waals surface area contributed by atoms with Crippen LogP contribution in [-0.2, 0) is 18.2 Å². The van der Waals surface area contributed by atoms with Crippen LogP contribution in [0.25, 0.3) is 0 Å². The number of ether oxygens (including phenoxy) is 1. The van der Waals surface area contributed by atoms with E-state index in [-0.39, 0.29) is 6.10 Å². The van der Waals surface area contributed by atoms with E-state index >= 15 is 0 Å². The maximum atomic E-state index is 5.53. The topological polar surface area (TPSA) is 52.0 Å². The second-order valence-electron chi connectivity index (χ2n) is 4.25. The second kappa shape index (κ2) is 7.40. The van der Waals surface area contributed by atoms with Gasteiger partial charge in [0.05, 0.1) is 6.10 Å². The van der Waals surface area contributed by atoms with E-state index in [1.165, 1.54) is 0 Å². The molecule has 0 saturated carbocycles. The van der Waals surface area contributed by atoms with Gasteiger partial charge in [-0.15, -0.1) is 0 Å². The quantitative estimate of drug-likeness (QED) is 0.740. The summed E-state index contributed by atoms with van der Waals surface area (Å²) in [4.78, 5) is 4.27. The Morgan fingerprint density at radius 3 is 2.71 bits per heavy atom. The molecule has 1 rings (SSSR count). The average molecular weight is 240 g/mol. The first-order valence-corrected chi connectivity index (χ1v) is 6.31. The zero-order valence-electron chi connectivity index (χ0n) is 11.3. The Morgan fingerprint density at radius 2 is 2.24 bits per heavy atom. The molecule has 5 heteroatoms. The minimum atomic E-state index is 0.221. The van der Waals surface area contributed by atoms with Crippen molar-refractivity contribution >= 4 is 0 Å². The first kappa shape index (κ1) is 14.1. The fraction of sp³-hybridized carbons (Fsp3) is 0.833. The zero-order valence-corrected chi connectivity index (χ0v) is 11.3. The van der Waals surface area contributed by atoms with Crippen LogP contribution in [0.5, 0.6) is 0 Å². The van der Waals surface area contributed by atoms with Gasteiger partial charge < -0.3 is 10.1 Å². The van der Waals surface area contributed by atoms with Crippen molar-refractivity contribution in [3.63, 3.8) is 0 Å². The molecule has 1 aromatic rings. The molecule has 0 fully saturated rings. The van der Waals surface area contributed by atoms with Gasteiger partial charge in [-0.25, -0.2) is 4.98 Å². The molecule has 1 heterocycles. The fourth-order valence-corrected chi connectivity index (χ4v) is 1.98. The normalized spacial score (nSPS) is 14.8. The maximum Gasteiger partial charge on any atom is 0.138 e. The second-order valence-corrected chi connectivity index (χ2v) is 4.25. The molecule has 0 spiro atoms. The highest BCUT2D eigenvalue weighted by molar-refractivity contribution is 4.92. The third kappa shape index (κ3) is 4.09. The molecule has 98 valence electrons. The van der Waals surface area contributed by atoms with Gasteiger partial charge in [0.2, 0.25) is 0 Å². The molecule has 5 nitrogen and oxygen atoms in total. The number of rotatable bonds is 8. The summed E-state index contributed by atoms with van der Waals surface area (Å²) in [5.74, 6) is 0.995. The summed E-state index contributed by atoms with van der Waals surface area (Å²) in [6.45, 7) is 5.31. The van der Waals surface area contributed by atoms with Gasteiger partial charge in [-0.3, -0.25) is 4.68 Å². The molecule has 17 heavy (non-hydrogen) atoms. The van der Waals surface area contributed by atoms with Crippen molar-refractivity contribution < 1.29 is 4.74 Å². The van der Waals surface area contributed by atoms with Gasteiger partial charge in [-0.1, -0.05) is 13.8 Å². The minimum absolute atomic E-state index is 0.221. The minimum Gasteiger partial charge on any atom is -0.380 e. The monoisotopic (exact) mass is 240 g/mol. The highest BCUT2D eigenvalue weighted by Crippen LogP contribution is 2.09. The summed E-state index contributed by atoms with van der Waals surface area (Å²) in [5, 5.41) is 7.63. The summed E-state index contributed by atoms with van der Waals surface area (Å²) in [6, 6.07) is 0.299. The van der Waals surface area contributed by atoms with Crippen LogP contribution in [0.2, 0.25) is 0 Å². The van der Waals surface area contributed by atoms with Crippen LogP contribution >= 0.6 is 0 Å². The van der Waals surface area contributed by atoms with Gasteiger partial charge in [0, 0.05) is 26.6 Å². The van der Waals surface area contributed by atoms with Crippen molar-refractivity contribution in [1.82, 2.24) is 20.1 Å². The van der Waals surface area contributed by atoms with Gasteiger partial charge >= 0.3 is 0 Å². The lowest BCUT2D eigenvalue weighted by molar-refractivity contribution is 0.0644. The van der Waals surface area contributed by atoms with Crippen molar-refractivity contribution in [3.05, 3.63) is 12.2 Å². The third-order valence-electron chi connectivity index (χ3n) is 3.02. The Kier molecular flexibility index (Phi) is 6.15. The molecule has 0 amide bonds. The standard InChI is InChI=1S/C12H24N4O/c1-5-7-13-10(11(6-2)17-4)8-12-14-9-15-16(12)3/h9-11,13H,5-8H2,1-4H3. The Bertz CT molecular complexity index is 309. The Morgan fingerprint density at radius 1 is 1.47 bits per heavy atom. The van der Waals surface area contributed by atoms with Crippen molar-refractivity contribution in [1.29, 1.82) is 0 Å². The van der Waals surface area contributed by atoms with E-state index < -0.39 is 0 Å². The van der Waals surface area contributed by atoms with E-state index in [0.717, 1.165) is 31.6 Å². The lowest BCUT2D eigenvalue weighted by Crippen LogP contribution is -2.43.